The van der Waals surface area contributed by atoms with E-state index in [1.165, 1.54) is 0 Å². The first-order valence-corrected chi connectivity index (χ1v) is 12.1. The van der Waals surface area contributed by atoms with Crippen LogP contribution in [0.4, 0.5) is 0 Å². The molecule has 0 radical (unpaired) electrons. The molecule has 5 rings (SSSR count). The van der Waals surface area contributed by atoms with E-state index in [1.807, 2.05) is 72.9 Å². The van der Waals surface area contributed by atoms with Crippen LogP contribution in [0.3, 0.4) is 0 Å². The zero-order valence-corrected chi connectivity index (χ0v) is 20.8. The molecule has 0 aliphatic carbocycles. The third-order valence-electron chi connectivity index (χ3n) is 5.99. The number of hydrogen-bond donors (Lipinski definition) is 0. The van der Waals surface area contributed by atoms with Crippen molar-refractivity contribution in [2.45, 2.75) is 13.5 Å². The molecule has 0 saturated heterocycles. The zero-order valence-electron chi connectivity index (χ0n) is 20.8. The van der Waals surface area contributed by atoms with Gasteiger partial charge in [0.2, 0.25) is 0 Å². The summed E-state index contributed by atoms with van der Waals surface area (Å²) in [6.45, 7) is 2.39. The van der Waals surface area contributed by atoms with Crippen LogP contribution in [-0.4, -0.2) is 40.8 Å². The number of carbonyl (C=O) groups is 1. The number of benzene rings is 3. The largest absolute Gasteiger partial charge is 0.497 e. The van der Waals surface area contributed by atoms with Crippen LogP contribution in [0.5, 0.6) is 11.5 Å². The van der Waals surface area contributed by atoms with Crippen molar-refractivity contribution in [2.75, 3.05) is 20.3 Å². The Morgan fingerprint density at radius 1 is 0.892 bits per heavy atom. The number of fused-ring (bicyclic) bond motifs is 1. The van der Waals surface area contributed by atoms with E-state index in [2.05, 4.69) is 22.8 Å². The summed E-state index contributed by atoms with van der Waals surface area (Å²) in [6, 6.07) is 27.7. The second-order valence-corrected chi connectivity index (χ2v) is 8.39. The Hall–Kier alpha value is -4.65. The molecule has 37 heavy (non-hydrogen) atoms. The topological polar surface area (TPSA) is 75.5 Å². The van der Waals surface area contributed by atoms with Crippen LogP contribution < -0.4 is 9.47 Å². The molecule has 0 unspecified atom stereocenters. The molecule has 2 aromatic heterocycles. The molecule has 3 aromatic carbocycles. The van der Waals surface area contributed by atoms with Gasteiger partial charge in [0.25, 0.3) is 0 Å². The van der Waals surface area contributed by atoms with E-state index in [-0.39, 0.29) is 6.61 Å². The summed E-state index contributed by atoms with van der Waals surface area (Å²) >= 11 is 0. The minimum atomic E-state index is -0.404. The third-order valence-corrected chi connectivity index (χ3v) is 5.99. The summed E-state index contributed by atoms with van der Waals surface area (Å²) in [7, 11) is 1.65. The average Bonchev–Trinajstić information content (AvgIpc) is 3.30. The molecule has 0 saturated carbocycles. The predicted molar refractivity (Wildman–Crippen MR) is 143 cm³/mol. The van der Waals surface area contributed by atoms with Crippen molar-refractivity contribution in [2.24, 2.45) is 0 Å². The van der Waals surface area contributed by atoms with Gasteiger partial charge in [0.1, 0.15) is 17.3 Å². The van der Waals surface area contributed by atoms with Crippen LogP contribution in [0.2, 0.25) is 0 Å². The van der Waals surface area contributed by atoms with Crippen molar-refractivity contribution in [1.29, 1.82) is 0 Å². The molecule has 5 aromatic rings. The van der Waals surface area contributed by atoms with E-state index >= 15 is 0 Å². The standard InChI is InChI=1S/C30H27N3O4/c1-3-36-28(34)20-37-27-15-8-7-12-23(27)19-33-26-17-24(21-10-5-4-6-11-21)18-31-29(26)32-30(33)22-13-9-14-25(16-22)35-2/h4-18H,3,19-20H2,1-2H3. The maximum absolute atomic E-state index is 11.9. The number of carbonyl (C=O) groups excluding carboxylic acids is 1. The van der Waals surface area contributed by atoms with Gasteiger partial charge in [-0.25, -0.2) is 14.8 Å². The van der Waals surface area contributed by atoms with Crippen molar-refractivity contribution in [3.05, 3.63) is 96.7 Å². The molecule has 0 aliphatic rings. The van der Waals surface area contributed by atoms with E-state index in [0.29, 0.717) is 24.5 Å². The van der Waals surface area contributed by atoms with E-state index in [1.54, 1.807) is 14.0 Å². The molecule has 0 aliphatic heterocycles. The fourth-order valence-corrected chi connectivity index (χ4v) is 4.22. The number of para-hydroxylation sites is 1. The molecule has 0 atom stereocenters. The fourth-order valence-electron chi connectivity index (χ4n) is 4.22. The first-order chi connectivity index (χ1) is 18.2. The molecule has 0 amide bonds. The SMILES string of the molecule is CCOC(=O)COc1ccccc1Cn1c(-c2cccc(OC)c2)nc2ncc(-c3ccccc3)cc21. The first kappa shape index (κ1) is 24.1. The maximum Gasteiger partial charge on any atom is 0.344 e. The van der Waals surface area contributed by atoms with Gasteiger partial charge >= 0.3 is 5.97 Å². The van der Waals surface area contributed by atoms with Crippen LogP contribution >= 0.6 is 0 Å². The number of imidazole rings is 1. The molecule has 7 heteroatoms. The number of ether oxygens (including phenoxy) is 3. The Kier molecular flexibility index (Phi) is 7.12. The van der Waals surface area contributed by atoms with E-state index in [4.69, 9.17) is 24.2 Å². The monoisotopic (exact) mass is 493 g/mol. The predicted octanol–water partition coefficient (Wildman–Crippen LogP) is 5.76. The summed E-state index contributed by atoms with van der Waals surface area (Å²) in [5.41, 5.74) is 5.41. The number of nitrogens with zero attached hydrogens (tertiary/aromatic N) is 3. The van der Waals surface area contributed by atoms with Crippen molar-refractivity contribution in [3.63, 3.8) is 0 Å². The van der Waals surface area contributed by atoms with Gasteiger partial charge < -0.3 is 18.8 Å². The van der Waals surface area contributed by atoms with Crippen molar-refractivity contribution in [1.82, 2.24) is 14.5 Å². The lowest BCUT2D eigenvalue weighted by atomic mass is 10.1. The summed E-state index contributed by atoms with van der Waals surface area (Å²) in [6.07, 6.45) is 1.85. The number of rotatable bonds is 9. The van der Waals surface area contributed by atoms with Gasteiger partial charge in [-0.15, -0.1) is 0 Å². The van der Waals surface area contributed by atoms with Crippen molar-refractivity contribution in [3.8, 4) is 34.0 Å². The van der Waals surface area contributed by atoms with Crippen LogP contribution in [0, 0.1) is 0 Å². The summed E-state index contributed by atoms with van der Waals surface area (Å²) in [4.78, 5) is 21.5. The van der Waals surface area contributed by atoms with E-state index < -0.39 is 5.97 Å². The summed E-state index contributed by atoms with van der Waals surface area (Å²) in [5.74, 6) is 1.71. The molecule has 0 bridgehead atoms. The number of hydrogen-bond acceptors (Lipinski definition) is 6. The Morgan fingerprint density at radius 3 is 2.49 bits per heavy atom. The Bertz CT molecular complexity index is 1530. The molecule has 2 heterocycles. The van der Waals surface area contributed by atoms with E-state index in [0.717, 1.165) is 39.3 Å². The highest BCUT2D eigenvalue weighted by Crippen LogP contribution is 2.31. The Morgan fingerprint density at radius 2 is 1.68 bits per heavy atom. The number of aromatic nitrogens is 3. The van der Waals surface area contributed by atoms with Gasteiger partial charge in [0, 0.05) is 22.9 Å². The van der Waals surface area contributed by atoms with Crippen LogP contribution in [0.15, 0.2) is 91.1 Å². The highest BCUT2D eigenvalue weighted by atomic mass is 16.6. The minimum Gasteiger partial charge on any atom is -0.497 e. The minimum absolute atomic E-state index is 0.155. The lowest BCUT2D eigenvalue weighted by molar-refractivity contribution is -0.145. The molecule has 0 N–H and O–H groups in total. The van der Waals surface area contributed by atoms with Gasteiger partial charge in [-0.05, 0) is 36.8 Å². The third kappa shape index (κ3) is 5.30. The zero-order chi connectivity index (χ0) is 25.6. The smallest absolute Gasteiger partial charge is 0.344 e. The number of pyridine rings is 1. The van der Waals surface area contributed by atoms with Gasteiger partial charge in [-0.1, -0.05) is 60.7 Å². The van der Waals surface area contributed by atoms with Crippen LogP contribution in [0.1, 0.15) is 12.5 Å². The highest BCUT2D eigenvalue weighted by Gasteiger charge is 2.17. The van der Waals surface area contributed by atoms with Gasteiger partial charge in [0.05, 0.1) is 25.8 Å². The Balaban J connectivity index is 1.61. The lowest BCUT2D eigenvalue weighted by Gasteiger charge is -2.14. The normalized spacial score (nSPS) is 10.9. The highest BCUT2D eigenvalue weighted by molar-refractivity contribution is 5.82. The fraction of sp³-hybridized carbons (Fsp3) is 0.167. The lowest BCUT2D eigenvalue weighted by Crippen LogP contribution is -2.15. The van der Waals surface area contributed by atoms with E-state index in [9.17, 15) is 4.79 Å². The summed E-state index contributed by atoms with van der Waals surface area (Å²) < 4.78 is 18.4. The second-order valence-electron chi connectivity index (χ2n) is 8.39. The number of esters is 1. The van der Waals surface area contributed by atoms with Crippen LogP contribution in [0.25, 0.3) is 33.7 Å². The Labute approximate surface area is 215 Å². The van der Waals surface area contributed by atoms with Gasteiger partial charge in [-0.2, -0.15) is 0 Å². The second kappa shape index (κ2) is 11.0. The molecule has 7 nitrogen and oxygen atoms in total. The molecular formula is C30H27N3O4. The number of methoxy groups -OCH3 is 1. The van der Waals surface area contributed by atoms with Gasteiger partial charge in [0.15, 0.2) is 12.3 Å². The maximum atomic E-state index is 11.9. The van der Waals surface area contributed by atoms with Gasteiger partial charge in [-0.3, -0.25) is 0 Å². The molecular weight excluding hydrogens is 466 g/mol. The molecule has 186 valence electrons. The molecule has 0 spiro atoms. The average molecular weight is 494 g/mol. The van der Waals surface area contributed by atoms with Crippen LogP contribution in [-0.2, 0) is 16.1 Å². The summed E-state index contributed by atoms with van der Waals surface area (Å²) in [5, 5.41) is 0. The van der Waals surface area contributed by atoms with Crippen molar-refractivity contribution >= 4 is 17.1 Å². The quantitative estimate of drug-likeness (QED) is 0.243. The first-order valence-electron chi connectivity index (χ1n) is 12.1. The van der Waals surface area contributed by atoms with Crippen molar-refractivity contribution < 1.29 is 19.0 Å². The molecule has 0 fully saturated rings.